The molecule has 1 aliphatic rings. The Hall–Kier alpha value is -0.480. The van der Waals surface area contributed by atoms with Gasteiger partial charge in [0, 0.05) is 13.1 Å². The van der Waals surface area contributed by atoms with Crippen LogP contribution in [0, 0.1) is 0 Å². The molecule has 2 amide bonds. The molecule has 2 N–H and O–H groups in total. The normalized spacial score (nSPS) is 17.8. The predicted octanol–water partition coefficient (Wildman–Crippen LogP) is -0.181. The summed E-state index contributed by atoms with van der Waals surface area (Å²) in [5.41, 5.74) is 5.00. The van der Waals surface area contributed by atoms with Crippen molar-refractivity contribution in [1.82, 2.24) is 4.90 Å². The summed E-state index contributed by atoms with van der Waals surface area (Å²) in [6.45, 7) is 2.50. The molecule has 1 heterocycles. The molecule has 0 atom stereocenters. The summed E-state index contributed by atoms with van der Waals surface area (Å²) in [5, 5.41) is 0. The van der Waals surface area contributed by atoms with Gasteiger partial charge < -0.3 is 15.4 Å². The zero-order chi connectivity index (χ0) is 6.69. The van der Waals surface area contributed by atoms with E-state index >= 15 is 0 Å². The van der Waals surface area contributed by atoms with Gasteiger partial charge in [0.2, 0.25) is 0 Å². The fraction of sp³-hybridized carbons (Fsp3) is 0.800. The molecule has 60 valence electrons. The first kappa shape index (κ1) is 9.52. The maximum atomic E-state index is 10.4. The van der Waals surface area contributed by atoms with Crippen molar-refractivity contribution < 1.29 is 9.53 Å². The van der Waals surface area contributed by atoms with Crippen molar-refractivity contribution in [3.63, 3.8) is 0 Å². The first-order valence-corrected chi connectivity index (χ1v) is 2.93. The van der Waals surface area contributed by atoms with Gasteiger partial charge in [-0.2, -0.15) is 0 Å². The Bertz CT molecular complexity index is 114. The van der Waals surface area contributed by atoms with Crippen LogP contribution in [0.5, 0.6) is 0 Å². The quantitative estimate of drug-likeness (QED) is 0.543. The number of primary amides is 1. The molecule has 5 heteroatoms. The average Bonchev–Trinajstić information content (AvgIpc) is 1.90. The molecule has 1 fully saturated rings. The maximum Gasteiger partial charge on any atom is 0.314 e. The van der Waals surface area contributed by atoms with Crippen LogP contribution in [0.25, 0.3) is 0 Å². The van der Waals surface area contributed by atoms with Crippen molar-refractivity contribution in [3.8, 4) is 0 Å². The third-order valence-electron chi connectivity index (χ3n) is 1.32. The minimum absolute atomic E-state index is 0. The number of hydrogen-bond acceptors (Lipinski definition) is 2. The number of amides is 2. The number of nitrogens with zero attached hydrogens (tertiary/aromatic N) is 1. The van der Waals surface area contributed by atoms with Gasteiger partial charge in [-0.05, 0) is 0 Å². The average molecular weight is 167 g/mol. The van der Waals surface area contributed by atoms with Gasteiger partial charge in [0.15, 0.2) is 0 Å². The Labute approximate surface area is 65.7 Å². The monoisotopic (exact) mass is 166 g/mol. The van der Waals surface area contributed by atoms with Crippen molar-refractivity contribution in [3.05, 3.63) is 0 Å². The smallest absolute Gasteiger partial charge is 0.314 e. The number of nitrogens with two attached hydrogens (primary N) is 1. The highest BCUT2D eigenvalue weighted by Crippen LogP contribution is 1.94. The lowest BCUT2D eigenvalue weighted by molar-refractivity contribution is 0.0554. The zero-order valence-electron chi connectivity index (χ0n) is 5.58. The molecule has 0 aromatic carbocycles. The third-order valence-corrected chi connectivity index (χ3v) is 1.32. The number of halogens is 1. The number of carbonyl (C=O) groups excluding carboxylic acids is 1. The van der Waals surface area contributed by atoms with Crippen LogP contribution in [-0.4, -0.2) is 37.2 Å². The van der Waals surface area contributed by atoms with Gasteiger partial charge in [0.25, 0.3) is 0 Å². The molecule has 0 unspecified atom stereocenters. The molecule has 4 nitrogen and oxygen atoms in total. The lowest BCUT2D eigenvalue weighted by atomic mass is 10.4. The SMILES string of the molecule is Cl.NC(=O)N1CCOCC1. The number of urea groups is 1. The van der Waals surface area contributed by atoms with E-state index in [-0.39, 0.29) is 18.4 Å². The number of carbonyl (C=O) groups is 1. The molecule has 0 aromatic rings. The second-order valence-corrected chi connectivity index (χ2v) is 1.94. The Kier molecular flexibility index (Phi) is 4.14. The zero-order valence-corrected chi connectivity index (χ0v) is 6.39. The summed E-state index contributed by atoms with van der Waals surface area (Å²) >= 11 is 0. The van der Waals surface area contributed by atoms with E-state index in [4.69, 9.17) is 10.5 Å². The fourth-order valence-corrected chi connectivity index (χ4v) is 0.784. The van der Waals surface area contributed by atoms with Crippen molar-refractivity contribution in [1.29, 1.82) is 0 Å². The summed E-state index contributed by atoms with van der Waals surface area (Å²) < 4.78 is 5.00. The van der Waals surface area contributed by atoms with Crippen molar-refractivity contribution in [2.75, 3.05) is 26.3 Å². The Morgan fingerprint density at radius 2 is 1.90 bits per heavy atom. The minimum Gasteiger partial charge on any atom is -0.378 e. The predicted molar refractivity (Wildman–Crippen MR) is 39.2 cm³/mol. The largest absolute Gasteiger partial charge is 0.378 e. The Morgan fingerprint density at radius 1 is 1.40 bits per heavy atom. The maximum absolute atomic E-state index is 10.4. The molecule has 1 saturated heterocycles. The van der Waals surface area contributed by atoms with Gasteiger partial charge in [-0.15, -0.1) is 12.4 Å². The van der Waals surface area contributed by atoms with Gasteiger partial charge in [-0.25, -0.2) is 4.79 Å². The van der Waals surface area contributed by atoms with Crippen molar-refractivity contribution in [2.24, 2.45) is 5.73 Å². The van der Waals surface area contributed by atoms with Gasteiger partial charge in [0.1, 0.15) is 0 Å². The molecule has 0 aliphatic carbocycles. The highest BCUT2D eigenvalue weighted by molar-refractivity contribution is 5.85. The van der Waals surface area contributed by atoms with Crippen molar-refractivity contribution in [2.45, 2.75) is 0 Å². The molecule has 0 radical (unpaired) electrons. The van der Waals surface area contributed by atoms with Crippen LogP contribution in [0.4, 0.5) is 4.79 Å². The van der Waals surface area contributed by atoms with E-state index < -0.39 is 0 Å². The summed E-state index contributed by atoms with van der Waals surface area (Å²) in [4.78, 5) is 12.0. The molecule has 0 aromatic heterocycles. The van der Waals surface area contributed by atoms with Gasteiger partial charge >= 0.3 is 6.03 Å². The number of morpholine rings is 1. The second kappa shape index (κ2) is 4.35. The van der Waals surface area contributed by atoms with Crippen LogP contribution < -0.4 is 5.73 Å². The molecule has 0 spiro atoms. The molecular weight excluding hydrogens is 156 g/mol. The first-order chi connectivity index (χ1) is 4.30. The van der Waals surface area contributed by atoms with E-state index in [2.05, 4.69) is 0 Å². The first-order valence-electron chi connectivity index (χ1n) is 2.93. The van der Waals surface area contributed by atoms with Crippen LogP contribution in [0.2, 0.25) is 0 Å². The topological polar surface area (TPSA) is 55.6 Å². The minimum atomic E-state index is -0.349. The molecule has 1 aliphatic heterocycles. The van der Waals surface area contributed by atoms with E-state index in [0.29, 0.717) is 26.3 Å². The van der Waals surface area contributed by atoms with Crippen LogP contribution >= 0.6 is 12.4 Å². The molecule has 10 heavy (non-hydrogen) atoms. The van der Waals surface area contributed by atoms with Crippen LogP contribution in [0.1, 0.15) is 0 Å². The molecule has 0 saturated carbocycles. The second-order valence-electron chi connectivity index (χ2n) is 1.94. The number of ether oxygens (including phenoxy) is 1. The van der Waals surface area contributed by atoms with E-state index in [1.54, 1.807) is 4.90 Å². The third kappa shape index (κ3) is 2.41. The summed E-state index contributed by atoms with van der Waals surface area (Å²) in [6.07, 6.45) is 0. The van der Waals surface area contributed by atoms with Crippen LogP contribution in [-0.2, 0) is 4.74 Å². The van der Waals surface area contributed by atoms with Crippen LogP contribution in [0.3, 0.4) is 0 Å². The Morgan fingerprint density at radius 3 is 2.20 bits per heavy atom. The molecule has 1 rings (SSSR count). The number of hydrogen-bond donors (Lipinski definition) is 1. The molecular formula is C5H11ClN2O2. The van der Waals surface area contributed by atoms with Gasteiger partial charge in [-0.1, -0.05) is 0 Å². The Balaban J connectivity index is 0.000000810. The van der Waals surface area contributed by atoms with Crippen LogP contribution in [0.15, 0.2) is 0 Å². The van der Waals surface area contributed by atoms with E-state index in [0.717, 1.165) is 0 Å². The van der Waals surface area contributed by atoms with E-state index in [1.807, 2.05) is 0 Å². The fourth-order valence-electron chi connectivity index (χ4n) is 0.784. The summed E-state index contributed by atoms with van der Waals surface area (Å²) in [5.74, 6) is 0. The lowest BCUT2D eigenvalue weighted by Crippen LogP contribution is -2.43. The summed E-state index contributed by atoms with van der Waals surface area (Å²) in [7, 11) is 0. The lowest BCUT2D eigenvalue weighted by Gasteiger charge is -2.24. The van der Waals surface area contributed by atoms with E-state index in [1.165, 1.54) is 0 Å². The van der Waals surface area contributed by atoms with Crippen molar-refractivity contribution >= 4 is 18.4 Å². The highest BCUT2D eigenvalue weighted by Gasteiger charge is 2.12. The van der Waals surface area contributed by atoms with Gasteiger partial charge in [0.05, 0.1) is 13.2 Å². The van der Waals surface area contributed by atoms with E-state index in [9.17, 15) is 4.79 Å². The highest BCUT2D eigenvalue weighted by atomic mass is 35.5. The molecule has 0 bridgehead atoms. The van der Waals surface area contributed by atoms with Gasteiger partial charge in [-0.3, -0.25) is 0 Å². The summed E-state index contributed by atoms with van der Waals surface area (Å²) in [6, 6.07) is -0.349. The number of rotatable bonds is 0. The standard InChI is InChI=1S/C5H10N2O2.ClH/c6-5(8)7-1-3-9-4-2-7;/h1-4H2,(H2,6,8);1H.